The van der Waals surface area contributed by atoms with E-state index in [9.17, 15) is 4.79 Å². The van der Waals surface area contributed by atoms with E-state index in [1.54, 1.807) is 11.7 Å². The predicted molar refractivity (Wildman–Crippen MR) is 107 cm³/mol. The number of nitrogen functional groups attached to an aromatic ring is 1. The minimum Gasteiger partial charge on any atom is -0.497 e. The first kappa shape index (κ1) is 16.6. The third kappa shape index (κ3) is 2.08. The van der Waals surface area contributed by atoms with Crippen molar-refractivity contribution in [2.45, 2.75) is 26.4 Å². The Morgan fingerprint density at radius 3 is 2.82 bits per heavy atom. The molecular formula is C20H20N6O2. The Labute approximate surface area is 160 Å². The minimum atomic E-state index is -0.187. The number of fused-ring (bicyclic) bond motifs is 7. The number of benzene rings is 1. The van der Waals surface area contributed by atoms with Gasteiger partial charge in [0.2, 0.25) is 0 Å². The normalized spacial score (nSPS) is 13.5. The second kappa shape index (κ2) is 5.72. The maximum absolute atomic E-state index is 13.0. The number of hydrogen-bond acceptors (Lipinski definition) is 5. The number of nitrogens with two attached hydrogens (primary N) is 1. The zero-order valence-corrected chi connectivity index (χ0v) is 15.9. The van der Waals surface area contributed by atoms with Crippen LogP contribution < -0.4 is 15.8 Å². The topological polar surface area (TPSA) is 100.0 Å². The zero-order chi connectivity index (χ0) is 19.6. The van der Waals surface area contributed by atoms with Crippen LogP contribution in [0.25, 0.3) is 33.2 Å². The van der Waals surface area contributed by atoms with Gasteiger partial charge >= 0.3 is 6.03 Å². The number of nitrogens with one attached hydrogen (secondary N) is 1. The lowest BCUT2D eigenvalue weighted by molar-refractivity contribution is 0.243. The monoisotopic (exact) mass is 376 g/mol. The molecule has 8 nitrogen and oxygen atoms in total. The Balaban J connectivity index is 1.96. The number of amides is 1. The number of aromatic nitrogens is 4. The van der Waals surface area contributed by atoms with Crippen LogP contribution in [0.3, 0.4) is 0 Å². The van der Waals surface area contributed by atoms with Crippen molar-refractivity contribution in [3.63, 3.8) is 0 Å². The number of nitrogens with zero attached hydrogens (tertiary/aromatic N) is 4. The summed E-state index contributed by atoms with van der Waals surface area (Å²) in [5.74, 6) is 1.10. The molecule has 0 atom stereocenters. The van der Waals surface area contributed by atoms with E-state index in [0.29, 0.717) is 18.1 Å². The van der Waals surface area contributed by atoms with Crippen molar-refractivity contribution in [1.29, 1.82) is 0 Å². The van der Waals surface area contributed by atoms with Crippen molar-refractivity contribution in [2.24, 2.45) is 0 Å². The number of rotatable bonds is 2. The molecule has 0 bridgehead atoms. The van der Waals surface area contributed by atoms with Crippen LogP contribution in [0.5, 0.6) is 5.75 Å². The van der Waals surface area contributed by atoms with Crippen LogP contribution in [-0.2, 0) is 6.54 Å². The summed E-state index contributed by atoms with van der Waals surface area (Å²) in [6.45, 7) is 4.56. The molecule has 3 aromatic heterocycles. The molecule has 0 unspecified atom stereocenters. The Bertz CT molecular complexity index is 1270. The van der Waals surface area contributed by atoms with E-state index in [2.05, 4.69) is 33.7 Å². The summed E-state index contributed by atoms with van der Waals surface area (Å²) in [6.07, 6.45) is 1.48. The smallest absolute Gasteiger partial charge is 0.326 e. The largest absolute Gasteiger partial charge is 0.497 e. The standard InChI is InChI=1S/C20H20N6O2/c1-10(2)25-15-8-22-20(27)26-13-7-12(28-3)5-4-11(13)6-14(26)16(15)17-18(21)23-9-24-19(17)25/h4-7,9-10H,8H2,1-3H3,(H,22,27)(H2,21,23,24). The van der Waals surface area contributed by atoms with Crippen LogP contribution in [-0.4, -0.2) is 32.2 Å². The van der Waals surface area contributed by atoms with E-state index in [1.807, 2.05) is 24.3 Å². The number of hydrogen-bond donors (Lipinski definition) is 2. The van der Waals surface area contributed by atoms with Crippen LogP contribution in [0.15, 0.2) is 30.6 Å². The number of carbonyl (C=O) groups excluding carboxylic acids is 1. The minimum absolute atomic E-state index is 0.147. The van der Waals surface area contributed by atoms with Gasteiger partial charge in [-0.1, -0.05) is 0 Å². The Morgan fingerprint density at radius 1 is 1.25 bits per heavy atom. The SMILES string of the molecule is COc1ccc2cc3n(c2c1)C(=O)NCc1c-3c2c(N)ncnc2n1C(C)C. The van der Waals surface area contributed by atoms with Crippen LogP contribution in [0.2, 0.25) is 0 Å². The highest BCUT2D eigenvalue weighted by molar-refractivity contribution is 6.08. The van der Waals surface area contributed by atoms with Gasteiger partial charge in [0.15, 0.2) is 0 Å². The maximum atomic E-state index is 13.0. The second-order valence-electron chi connectivity index (χ2n) is 7.19. The molecule has 0 saturated heterocycles. The average Bonchev–Trinajstić information content (AvgIpc) is 3.17. The van der Waals surface area contributed by atoms with Gasteiger partial charge in [-0.25, -0.2) is 14.8 Å². The lowest BCUT2D eigenvalue weighted by atomic mass is 10.1. The van der Waals surface area contributed by atoms with Crippen LogP contribution >= 0.6 is 0 Å². The van der Waals surface area contributed by atoms with Crippen molar-refractivity contribution in [2.75, 3.05) is 12.8 Å². The van der Waals surface area contributed by atoms with Gasteiger partial charge in [-0.3, -0.25) is 4.57 Å². The zero-order valence-electron chi connectivity index (χ0n) is 15.9. The molecule has 0 spiro atoms. The third-order valence-electron chi connectivity index (χ3n) is 5.31. The average molecular weight is 376 g/mol. The van der Waals surface area contributed by atoms with Gasteiger partial charge in [0.05, 0.1) is 30.3 Å². The fourth-order valence-electron chi connectivity index (χ4n) is 4.16. The van der Waals surface area contributed by atoms with Crippen molar-refractivity contribution in [3.05, 3.63) is 36.3 Å². The summed E-state index contributed by atoms with van der Waals surface area (Å²) in [7, 11) is 1.61. The molecule has 5 rings (SSSR count). The molecule has 1 aromatic carbocycles. The number of carbonyl (C=O) groups is 1. The quantitative estimate of drug-likeness (QED) is 0.559. The second-order valence-corrected chi connectivity index (χ2v) is 7.19. The highest BCUT2D eigenvalue weighted by Crippen LogP contribution is 2.42. The summed E-state index contributed by atoms with van der Waals surface area (Å²) in [4.78, 5) is 21.7. The van der Waals surface area contributed by atoms with Gasteiger partial charge < -0.3 is 20.4 Å². The summed E-state index contributed by atoms with van der Waals surface area (Å²) < 4.78 is 9.16. The van der Waals surface area contributed by atoms with Crippen molar-refractivity contribution in [3.8, 4) is 17.0 Å². The molecule has 0 saturated carbocycles. The molecule has 1 amide bonds. The van der Waals surface area contributed by atoms with E-state index in [0.717, 1.165) is 38.9 Å². The molecule has 4 heterocycles. The summed E-state index contributed by atoms with van der Waals surface area (Å²) in [6, 6.07) is 7.67. The van der Waals surface area contributed by atoms with Crippen molar-refractivity contribution < 1.29 is 9.53 Å². The molecule has 1 aliphatic rings. The Kier molecular flexibility index (Phi) is 3.39. The molecule has 4 aromatic rings. The molecule has 1 aliphatic heterocycles. The summed E-state index contributed by atoms with van der Waals surface area (Å²) in [5.41, 5.74) is 10.5. The van der Waals surface area contributed by atoms with E-state index < -0.39 is 0 Å². The number of anilines is 1. The lowest BCUT2D eigenvalue weighted by Crippen LogP contribution is -2.27. The van der Waals surface area contributed by atoms with Gasteiger partial charge in [-0.15, -0.1) is 0 Å². The molecule has 3 N–H and O–H groups in total. The van der Waals surface area contributed by atoms with E-state index in [1.165, 1.54) is 6.33 Å². The molecule has 8 heteroatoms. The highest BCUT2D eigenvalue weighted by atomic mass is 16.5. The van der Waals surface area contributed by atoms with Gasteiger partial charge in [0.1, 0.15) is 23.5 Å². The molecule has 0 aliphatic carbocycles. The Hall–Kier alpha value is -3.55. The third-order valence-corrected chi connectivity index (χ3v) is 5.31. The fourth-order valence-corrected chi connectivity index (χ4v) is 4.16. The predicted octanol–water partition coefficient (Wildman–Crippen LogP) is 3.30. The lowest BCUT2D eigenvalue weighted by Gasteiger charge is -2.14. The highest BCUT2D eigenvalue weighted by Gasteiger charge is 2.30. The maximum Gasteiger partial charge on any atom is 0.326 e. The summed E-state index contributed by atoms with van der Waals surface area (Å²) in [5, 5.41) is 4.74. The van der Waals surface area contributed by atoms with Gasteiger partial charge in [0.25, 0.3) is 0 Å². The van der Waals surface area contributed by atoms with E-state index in [4.69, 9.17) is 10.5 Å². The molecule has 28 heavy (non-hydrogen) atoms. The number of ether oxygens (including phenoxy) is 1. The molecule has 0 fully saturated rings. The molecule has 0 radical (unpaired) electrons. The van der Waals surface area contributed by atoms with E-state index in [-0.39, 0.29) is 12.1 Å². The molecular weight excluding hydrogens is 356 g/mol. The first-order valence-electron chi connectivity index (χ1n) is 9.12. The van der Waals surface area contributed by atoms with Crippen molar-refractivity contribution >= 4 is 33.8 Å². The van der Waals surface area contributed by atoms with Gasteiger partial charge in [-0.2, -0.15) is 0 Å². The summed E-state index contributed by atoms with van der Waals surface area (Å²) >= 11 is 0. The number of methoxy groups -OCH3 is 1. The first-order valence-corrected chi connectivity index (χ1v) is 9.12. The van der Waals surface area contributed by atoms with Crippen LogP contribution in [0, 0.1) is 0 Å². The van der Waals surface area contributed by atoms with Crippen molar-refractivity contribution in [1.82, 2.24) is 24.4 Å². The first-order chi connectivity index (χ1) is 13.5. The van der Waals surface area contributed by atoms with Gasteiger partial charge in [0, 0.05) is 28.8 Å². The fraction of sp³-hybridized carbons (Fsp3) is 0.250. The van der Waals surface area contributed by atoms with Crippen LogP contribution in [0.1, 0.15) is 25.6 Å². The Morgan fingerprint density at radius 2 is 2.07 bits per heavy atom. The van der Waals surface area contributed by atoms with Crippen LogP contribution in [0.4, 0.5) is 10.6 Å². The van der Waals surface area contributed by atoms with E-state index >= 15 is 0 Å². The van der Waals surface area contributed by atoms with Gasteiger partial charge in [-0.05, 0) is 32.0 Å². The molecule has 142 valence electrons.